The lowest BCUT2D eigenvalue weighted by Crippen LogP contribution is -2.35. The molecule has 0 aliphatic rings. The Balaban J connectivity index is 2.32. The molecule has 0 radical (unpaired) electrons. The van der Waals surface area contributed by atoms with Crippen molar-refractivity contribution in [2.24, 2.45) is 0 Å². The van der Waals surface area contributed by atoms with Gasteiger partial charge in [0.2, 0.25) is 0 Å². The third kappa shape index (κ3) is 7.16. The summed E-state index contributed by atoms with van der Waals surface area (Å²) in [5.74, 6) is 1.54. The van der Waals surface area contributed by atoms with Crippen molar-refractivity contribution in [1.29, 1.82) is 0 Å². The second-order valence-electron chi connectivity index (χ2n) is 4.57. The van der Waals surface area contributed by atoms with Crippen LogP contribution < -0.4 is 5.32 Å². The van der Waals surface area contributed by atoms with Crippen LogP contribution in [-0.4, -0.2) is 63.6 Å². The molecule has 1 aromatic rings. The highest BCUT2D eigenvalue weighted by atomic mass is 32.1. The molecule has 0 fully saturated rings. The van der Waals surface area contributed by atoms with E-state index in [0.29, 0.717) is 6.54 Å². The summed E-state index contributed by atoms with van der Waals surface area (Å²) in [6.45, 7) is 5.17. The van der Waals surface area contributed by atoms with E-state index in [2.05, 4.69) is 40.5 Å². The molecule has 0 saturated heterocycles. The summed E-state index contributed by atoms with van der Waals surface area (Å²) in [5.41, 5.74) is 0. The molecule has 1 N–H and O–H groups in total. The van der Waals surface area contributed by atoms with Crippen LogP contribution in [0.2, 0.25) is 0 Å². The van der Waals surface area contributed by atoms with Crippen LogP contribution in [0.3, 0.4) is 0 Å². The molecule has 0 atom stereocenters. The average Bonchev–Trinajstić information content (AvgIpc) is 2.92. The first-order valence-corrected chi connectivity index (χ1v) is 8.26. The predicted octanol–water partition coefficient (Wildman–Crippen LogP) is 0.933. The highest BCUT2D eigenvalue weighted by Crippen LogP contribution is 2.08. The lowest BCUT2D eigenvalue weighted by Gasteiger charge is -2.21. The number of aromatic nitrogens is 2. The molecule has 0 saturated carbocycles. The lowest BCUT2D eigenvalue weighted by atomic mass is 10.3. The maximum atomic E-state index is 10.8. The number of nitro groups is 1. The van der Waals surface area contributed by atoms with Gasteiger partial charge in [0, 0.05) is 44.2 Å². The Morgan fingerprint density at radius 1 is 1.29 bits per heavy atom. The van der Waals surface area contributed by atoms with E-state index in [1.807, 2.05) is 0 Å². The van der Waals surface area contributed by atoms with Crippen molar-refractivity contribution >= 4 is 31.2 Å². The Morgan fingerprint density at radius 3 is 2.76 bits per heavy atom. The Morgan fingerprint density at radius 2 is 2.10 bits per heavy atom. The number of hydrogen-bond donors (Lipinski definition) is 3. The molecule has 0 aromatic carbocycles. The highest BCUT2D eigenvalue weighted by molar-refractivity contribution is 7.80. The number of hydrogen-bond acceptors (Lipinski definition) is 7. The third-order valence-electron chi connectivity index (χ3n) is 3.04. The second kappa shape index (κ2) is 10.9. The number of aryl methyl sites for hydroxylation is 1. The highest BCUT2D eigenvalue weighted by Gasteiger charge is 2.13. The Hall–Kier alpha value is -0.770. The van der Waals surface area contributed by atoms with E-state index in [1.165, 1.54) is 6.20 Å². The first-order valence-electron chi connectivity index (χ1n) is 6.99. The van der Waals surface area contributed by atoms with Gasteiger partial charge < -0.3 is 20.3 Å². The van der Waals surface area contributed by atoms with Crippen LogP contribution in [0.25, 0.3) is 0 Å². The van der Waals surface area contributed by atoms with Crippen LogP contribution in [-0.2, 0) is 6.54 Å². The summed E-state index contributed by atoms with van der Waals surface area (Å²) in [6, 6.07) is 0. The van der Waals surface area contributed by atoms with Crippen LogP contribution in [0.15, 0.2) is 12.4 Å². The zero-order chi connectivity index (χ0) is 15.5. The molecule has 0 aliphatic heterocycles. The van der Waals surface area contributed by atoms with Crippen molar-refractivity contribution in [3.8, 4) is 0 Å². The van der Waals surface area contributed by atoms with Gasteiger partial charge >= 0.3 is 5.95 Å². The number of imidazole rings is 1. The van der Waals surface area contributed by atoms with Gasteiger partial charge in [-0.3, -0.25) is 0 Å². The zero-order valence-electron chi connectivity index (χ0n) is 12.0. The molecule has 0 spiro atoms. The monoisotopic (exact) mass is 333 g/mol. The van der Waals surface area contributed by atoms with Gasteiger partial charge in [0.15, 0.2) is 0 Å². The van der Waals surface area contributed by atoms with Crippen LogP contribution in [0.4, 0.5) is 5.95 Å². The molecule has 9 heteroatoms. The summed E-state index contributed by atoms with van der Waals surface area (Å²) in [7, 11) is 0. The SMILES string of the molecule is O=[N+]([O-])c1nccn1CCCN(CCS)CCNCCS. The maximum absolute atomic E-state index is 10.8. The van der Waals surface area contributed by atoms with E-state index >= 15 is 0 Å². The molecule has 7 nitrogen and oxygen atoms in total. The smallest absolute Gasteiger partial charge is 0.390 e. The molecular weight excluding hydrogens is 310 g/mol. The summed E-state index contributed by atoms with van der Waals surface area (Å²) < 4.78 is 1.58. The van der Waals surface area contributed by atoms with Crippen LogP contribution in [0, 0.1) is 10.1 Å². The number of nitrogens with one attached hydrogen (secondary N) is 1. The van der Waals surface area contributed by atoms with Gasteiger partial charge in [0.05, 0.1) is 6.54 Å². The van der Waals surface area contributed by atoms with Crippen molar-refractivity contribution in [2.75, 3.05) is 44.2 Å². The standard InChI is InChI=1S/C12H23N5O2S2/c18-17(19)12-14-3-8-16(12)6-1-5-15(9-11-21)7-2-13-4-10-20/h3,8,13,20-21H,1-2,4-7,9-11H2. The fourth-order valence-electron chi connectivity index (χ4n) is 2.03. The van der Waals surface area contributed by atoms with Gasteiger partial charge in [-0.25, -0.2) is 4.57 Å². The zero-order valence-corrected chi connectivity index (χ0v) is 13.8. The van der Waals surface area contributed by atoms with Gasteiger partial charge in [0.25, 0.3) is 0 Å². The van der Waals surface area contributed by atoms with Crippen molar-refractivity contribution in [3.63, 3.8) is 0 Å². The van der Waals surface area contributed by atoms with Gasteiger partial charge in [-0.15, -0.1) is 0 Å². The van der Waals surface area contributed by atoms with Gasteiger partial charge in [-0.05, 0) is 11.3 Å². The normalized spacial score (nSPS) is 11.2. The Kier molecular flexibility index (Phi) is 9.48. The molecule has 1 heterocycles. The van der Waals surface area contributed by atoms with E-state index in [1.54, 1.807) is 10.8 Å². The van der Waals surface area contributed by atoms with Crippen LogP contribution >= 0.6 is 25.3 Å². The van der Waals surface area contributed by atoms with Crippen molar-refractivity contribution in [3.05, 3.63) is 22.5 Å². The average molecular weight is 333 g/mol. The van der Waals surface area contributed by atoms with Crippen LogP contribution in [0.5, 0.6) is 0 Å². The summed E-state index contributed by atoms with van der Waals surface area (Å²) in [5, 5.41) is 14.1. The molecule has 0 bridgehead atoms. The van der Waals surface area contributed by atoms with E-state index in [-0.39, 0.29) is 5.95 Å². The number of rotatable bonds is 12. The minimum absolute atomic E-state index is 0.0915. The molecule has 1 aromatic heterocycles. The molecule has 0 amide bonds. The minimum Gasteiger partial charge on any atom is -0.390 e. The fourth-order valence-corrected chi connectivity index (χ4v) is 2.47. The lowest BCUT2D eigenvalue weighted by molar-refractivity contribution is -0.396. The first kappa shape index (κ1) is 18.3. The molecule has 1 rings (SSSR count). The molecule has 0 unspecified atom stereocenters. The maximum Gasteiger partial charge on any atom is 0.434 e. The summed E-state index contributed by atoms with van der Waals surface area (Å²) >= 11 is 8.42. The molecule has 120 valence electrons. The topological polar surface area (TPSA) is 76.2 Å². The Bertz CT molecular complexity index is 416. The van der Waals surface area contributed by atoms with Crippen molar-refractivity contribution < 1.29 is 4.92 Å². The third-order valence-corrected chi connectivity index (χ3v) is 3.46. The van der Waals surface area contributed by atoms with E-state index < -0.39 is 4.92 Å². The van der Waals surface area contributed by atoms with Crippen molar-refractivity contribution in [2.45, 2.75) is 13.0 Å². The Labute approximate surface area is 136 Å². The van der Waals surface area contributed by atoms with Gasteiger partial charge in [0.1, 0.15) is 12.4 Å². The largest absolute Gasteiger partial charge is 0.434 e. The first-order chi connectivity index (χ1) is 10.2. The summed E-state index contributed by atoms with van der Waals surface area (Å²) in [4.78, 5) is 16.4. The molecule has 0 aliphatic carbocycles. The molecule has 21 heavy (non-hydrogen) atoms. The van der Waals surface area contributed by atoms with E-state index in [9.17, 15) is 10.1 Å². The minimum atomic E-state index is -0.452. The summed E-state index contributed by atoms with van der Waals surface area (Å²) in [6.07, 6.45) is 3.96. The van der Waals surface area contributed by atoms with Gasteiger partial charge in [-0.2, -0.15) is 25.3 Å². The van der Waals surface area contributed by atoms with E-state index in [0.717, 1.165) is 50.7 Å². The second-order valence-corrected chi connectivity index (χ2v) is 5.46. The fraction of sp³-hybridized carbons (Fsp3) is 0.750. The van der Waals surface area contributed by atoms with Crippen LogP contribution in [0.1, 0.15) is 6.42 Å². The quantitative estimate of drug-likeness (QED) is 0.230. The number of nitrogens with zero attached hydrogens (tertiary/aromatic N) is 4. The van der Waals surface area contributed by atoms with E-state index in [4.69, 9.17) is 0 Å². The van der Waals surface area contributed by atoms with Crippen molar-refractivity contribution in [1.82, 2.24) is 19.8 Å². The number of thiol groups is 2. The predicted molar refractivity (Wildman–Crippen MR) is 90.5 cm³/mol. The van der Waals surface area contributed by atoms with Gasteiger partial charge in [-0.1, -0.05) is 4.98 Å². The molecular formula is C12H23N5O2S2.